The highest BCUT2D eigenvalue weighted by Crippen LogP contribution is 2.41. The Morgan fingerprint density at radius 3 is 2.40 bits per heavy atom. The van der Waals surface area contributed by atoms with Crippen LogP contribution in [0.3, 0.4) is 0 Å². The van der Waals surface area contributed by atoms with Crippen molar-refractivity contribution in [3.63, 3.8) is 0 Å². The zero-order valence-corrected chi connectivity index (χ0v) is 12.7. The Balaban J connectivity index is 1.81. The lowest BCUT2D eigenvalue weighted by Gasteiger charge is -2.41. The van der Waals surface area contributed by atoms with Crippen LogP contribution in [-0.4, -0.2) is 24.5 Å². The molecule has 0 aromatic heterocycles. The lowest BCUT2D eigenvalue weighted by Crippen LogP contribution is -2.41. The average Bonchev–Trinajstić information content (AvgIpc) is 3.32. The summed E-state index contributed by atoms with van der Waals surface area (Å²) in [5.41, 5.74) is 9.07. The van der Waals surface area contributed by atoms with Crippen LogP contribution in [-0.2, 0) is 0 Å². The van der Waals surface area contributed by atoms with E-state index in [1.54, 1.807) is 0 Å². The molecule has 1 aromatic rings. The van der Waals surface area contributed by atoms with Gasteiger partial charge in [-0.3, -0.25) is 4.90 Å². The lowest BCUT2D eigenvalue weighted by atomic mass is 9.84. The van der Waals surface area contributed by atoms with Gasteiger partial charge in [-0.2, -0.15) is 0 Å². The van der Waals surface area contributed by atoms with E-state index >= 15 is 0 Å². The Labute approximate surface area is 123 Å². The normalized spacial score (nSPS) is 27.7. The SMILES string of the molecule is CCCN1CCCC(CN)C1c1ccc(C2CC2)cc1. The van der Waals surface area contributed by atoms with Crippen LogP contribution in [0.5, 0.6) is 0 Å². The van der Waals surface area contributed by atoms with E-state index in [9.17, 15) is 0 Å². The second kappa shape index (κ2) is 6.28. The second-order valence-corrected chi connectivity index (χ2v) is 6.56. The number of hydrogen-bond acceptors (Lipinski definition) is 2. The summed E-state index contributed by atoms with van der Waals surface area (Å²) in [4.78, 5) is 2.66. The number of nitrogens with two attached hydrogens (primary N) is 1. The zero-order valence-electron chi connectivity index (χ0n) is 12.7. The molecule has 0 bridgehead atoms. The predicted molar refractivity (Wildman–Crippen MR) is 84.8 cm³/mol. The summed E-state index contributed by atoms with van der Waals surface area (Å²) in [5, 5.41) is 0. The van der Waals surface area contributed by atoms with Gasteiger partial charge in [-0.05, 0) is 74.7 Å². The summed E-state index contributed by atoms with van der Waals surface area (Å²) in [6.07, 6.45) is 6.59. The van der Waals surface area contributed by atoms with Crippen LogP contribution in [0.2, 0.25) is 0 Å². The van der Waals surface area contributed by atoms with Crippen molar-refractivity contribution >= 4 is 0 Å². The molecule has 3 rings (SSSR count). The topological polar surface area (TPSA) is 29.3 Å². The first kappa shape index (κ1) is 14.1. The monoisotopic (exact) mass is 272 g/mol. The van der Waals surface area contributed by atoms with E-state index in [4.69, 9.17) is 5.73 Å². The maximum atomic E-state index is 6.05. The number of hydrogen-bond donors (Lipinski definition) is 1. The summed E-state index contributed by atoms with van der Waals surface area (Å²) in [6, 6.07) is 10.0. The third-order valence-corrected chi connectivity index (χ3v) is 5.00. The molecule has 1 heterocycles. The van der Waals surface area contributed by atoms with Gasteiger partial charge < -0.3 is 5.73 Å². The maximum Gasteiger partial charge on any atom is 0.0388 e. The molecule has 20 heavy (non-hydrogen) atoms. The Morgan fingerprint density at radius 2 is 1.80 bits per heavy atom. The minimum atomic E-state index is 0.543. The Morgan fingerprint density at radius 1 is 1.10 bits per heavy atom. The van der Waals surface area contributed by atoms with Crippen LogP contribution in [0.15, 0.2) is 24.3 Å². The molecule has 2 fully saturated rings. The first-order valence-electron chi connectivity index (χ1n) is 8.37. The largest absolute Gasteiger partial charge is 0.330 e. The lowest BCUT2D eigenvalue weighted by molar-refractivity contribution is 0.0960. The molecule has 2 nitrogen and oxygen atoms in total. The van der Waals surface area contributed by atoms with Crippen molar-refractivity contribution < 1.29 is 0 Å². The van der Waals surface area contributed by atoms with Gasteiger partial charge in [-0.1, -0.05) is 31.2 Å². The predicted octanol–water partition coefficient (Wildman–Crippen LogP) is 3.69. The van der Waals surface area contributed by atoms with Crippen LogP contribution >= 0.6 is 0 Å². The molecule has 1 aliphatic heterocycles. The maximum absolute atomic E-state index is 6.05. The van der Waals surface area contributed by atoms with Crippen molar-refractivity contribution in [3.05, 3.63) is 35.4 Å². The molecule has 0 amide bonds. The van der Waals surface area contributed by atoms with Crippen LogP contribution in [0.25, 0.3) is 0 Å². The number of rotatable bonds is 5. The molecule has 1 aromatic carbocycles. The fourth-order valence-electron chi connectivity index (χ4n) is 3.80. The summed E-state index contributed by atoms with van der Waals surface area (Å²) >= 11 is 0. The van der Waals surface area contributed by atoms with E-state index in [1.165, 1.54) is 56.3 Å². The van der Waals surface area contributed by atoms with Gasteiger partial charge in [-0.15, -0.1) is 0 Å². The molecular weight excluding hydrogens is 244 g/mol. The fourth-order valence-corrected chi connectivity index (χ4v) is 3.80. The molecule has 110 valence electrons. The van der Waals surface area contributed by atoms with Crippen LogP contribution in [0, 0.1) is 5.92 Å². The number of likely N-dealkylation sites (tertiary alicyclic amines) is 1. The van der Waals surface area contributed by atoms with Gasteiger partial charge in [-0.25, -0.2) is 0 Å². The molecule has 0 radical (unpaired) electrons. The highest BCUT2D eigenvalue weighted by molar-refractivity contribution is 5.30. The Kier molecular flexibility index (Phi) is 4.42. The molecule has 0 spiro atoms. The molecule has 1 saturated carbocycles. The van der Waals surface area contributed by atoms with Gasteiger partial charge in [0.05, 0.1) is 0 Å². The highest BCUT2D eigenvalue weighted by Gasteiger charge is 2.31. The Hall–Kier alpha value is -0.860. The van der Waals surface area contributed by atoms with Gasteiger partial charge in [0.2, 0.25) is 0 Å². The smallest absolute Gasteiger partial charge is 0.0388 e. The van der Waals surface area contributed by atoms with Gasteiger partial charge >= 0.3 is 0 Å². The van der Waals surface area contributed by atoms with E-state index in [2.05, 4.69) is 36.1 Å². The molecule has 1 aliphatic carbocycles. The highest BCUT2D eigenvalue weighted by atomic mass is 15.2. The minimum absolute atomic E-state index is 0.543. The van der Waals surface area contributed by atoms with E-state index < -0.39 is 0 Å². The van der Waals surface area contributed by atoms with Crippen LogP contribution in [0.1, 0.15) is 62.1 Å². The zero-order chi connectivity index (χ0) is 13.9. The molecule has 2 heteroatoms. The van der Waals surface area contributed by atoms with Gasteiger partial charge in [0.25, 0.3) is 0 Å². The number of benzene rings is 1. The molecule has 2 N–H and O–H groups in total. The van der Waals surface area contributed by atoms with E-state index in [0.29, 0.717) is 12.0 Å². The summed E-state index contributed by atoms with van der Waals surface area (Å²) in [6.45, 7) is 5.53. The molecule has 2 atom stereocenters. The van der Waals surface area contributed by atoms with Gasteiger partial charge in [0.15, 0.2) is 0 Å². The van der Waals surface area contributed by atoms with Gasteiger partial charge in [0.1, 0.15) is 0 Å². The van der Waals surface area contributed by atoms with Crippen molar-refractivity contribution in [3.8, 4) is 0 Å². The number of nitrogens with zero attached hydrogens (tertiary/aromatic N) is 1. The quantitative estimate of drug-likeness (QED) is 0.886. The number of piperidine rings is 1. The van der Waals surface area contributed by atoms with Crippen molar-refractivity contribution in [2.24, 2.45) is 11.7 Å². The van der Waals surface area contributed by atoms with Crippen LogP contribution < -0.4 is 5.73 Å². The summed E-state index contributed by atoms with van der Waals surface area (Å²) in [5.74, 6) is 1.48. The minimum Gasteiger partial charge on any atom is -0.330 e. The van der Waals surface area contributed by atoms with Crippen molar-refractivity contribution in [1.82, 2.24) is 4.90 Å². The van der Waals surface area contributed by atoms with Crippen molar-refractivity contribution in [2.75, 3.05) is 19.6 Å². The van der Waals surface area contributed by atoms with Crippen LogP contribution in [0.4, 0.5) is 0 Å². The Bertz CT molecular complexity index is 420. The summed E-state index contributed by atoms with van der Waals surface area (Å²) < 4.78 is 0. The molecule has 2 unspecified atom stereocenters. The molecule has 2 aliphatic rings. The molecular formula is C18H28N2. The third-order valence-electron chi connectivity index (χ3n) is 5.00. The fraction of sp³-hybridized carbons (Fsp3) is 0.667. The second-order valence-electron chi connectivity index (χ2n) is 6.56. The van der Waals surface area contributed by atoms with E-state index in [-0.39, 0.29) is 0 Å². The van der Waals surface area contributed by atoms with Crippen molar-refractivity contribution in [2.45, 2.75) is 51.0 Å². The van der Waals surface area contributed by atoms with E-state index in [1.807, 2.05) is 0 Å². The third kappa shape index (κ3) is 2.91. The first-order chi connectivity index (χ1) is 9.83. The average molecular weight is 272 g/mol. The molecule has 1 saturated heterocycles. The van der Waals surface area contributed by atoms with Crippen molar-refractivity contribution in [1.29, 1.82) is 0 Å². The van der Waals surface area contributed by atoms with E-state index in [0.717, 1.165) is 12.5 Å². The van der Waals surface area contributed by atoms with Gasteiger partial charge in [0, 0.05) is 6.04 Å². The first-order valence-corrected chi connectivity index (χ1v) is 8.37. The summed E-state index contributed by atoms with van der Waals surface area (Å²) in [7, 11) is 0. The standard InChI is InChI=1S/C18H28N2/c1-2-11-20-12-3-4-17(13-19)18(20)16-9-7-15(8-10-16)14-5-6-14/h7-10,14,17-18H,2-6,11-13,19H2,1H3.